The molecule has 0 aliphatic heterocycles. The Kier molecular flexibility index (Phi) is 4.50. The Bertz CT molecular complexity index is 742. The van der Waals surface area contributed by atoms with E-state index in [1.54, 1.807) is 0 Å². The fourth-order valence-corrected chi connectivity index (χ4v) is 3.32. The summed E-state index contributed by atoms with van der Waals surface area (Å²) in [6.45, 7) is 3.26. The summed E-state index contributed by atoms with van der Waals surface area (Å²) in [5.41, 5.74) is 4.04. The van der Waals surface area contributed by atoms with Crippen LogP contribution in [-0.2, 0) is 6.54 Å². The van der Waals surface area contributed by atoms with Gasteiger partial charge in [-0.2, -0.15) is 0 Å². The van der Waals surface area contributed by atoms with Gasteiger partial charge in [-0.25, -0.2) is 0 Å². The number of para-hydroxylation sites is 1. The molecule has 3 aromatic rings. The molecule has 0 amide bonds. The maximum absolute atomic E-state index is 5.75. The Morgan fingerprint density at radius 1 is 0.857 bits per heavy atom. The van der Waals surface area contributed by atoms with Gasteiger partial charge in [0.15, 0.2) is 0 Å². The molecule has 3 rings (SSSR count). The number of unbranched alkanes of at least 4 members (excludes halogenated alkanes) is 3. The molecule has 2 aromatic carbocycles. The average molecular weight is 300 g/mol. The first-order valence-electron chi connectivity index (χ1n) is 7.85. The van der Waals surface area contributed by atoms with Crippen molar-refractivity contribution in [1.82, 2.24) is 4.57 Å². The highest BCUT2D eigenvalue weighted by Crippen LogP contribution is 2.30. The lowest BCUT2D eigenvalue weighted by molar-refractivity contribution is 0.603. The zero-order chi connectivity index (χ0) is 14.7. The van der Waals surface area contributed by atoms with Crippen molar-refractivity contribution >= 4 is 33.4 Å². The average Bonchev–Trinajstić information content (AvgIpc) is 2.81. The van der Waals surface area contributed by atoms with Crippen molar-refractivity contribution in [2.24, 2.45) is 0 Å². The summed E-state index contributed by atoms with van der Waals surface area (Å²) in [6.07, 6.45) is 4.85. The number of aromatic nitrogens is 1. The summed E-state index contributed by atoms with van der Waals surface area (Å²) in [7, 11) is 0. The summed E-state index contributed by atoms with van der Waals surface area (Å²) in [6, 6.07) is 15.5. The van der Waals surface area contributed by atoms with Crippen molar-refractivity contribution in [2.45, 2.75) is 39.2 Å². The second-order valence-electron chi connectivity index (χ2n) is 5.79. The van der Waals surface area contributed by atoms with Crippen LogP contribution in [0.3, 0.4) is 0 Å². The van der Waals surface area contributed by atoms with E-state index in [0.29, 0.717) is 0 Å². The van der Waals surface area contributed by atoms with E-state index in [2.05, 4.69) is 54.0 Å². The van der Waals surface area contributed by atoms with Crippen LogP contribution in [0.2, 0.25) is 0 Å². The third-order valence-electron chi connectivity index (χ3n) is 4.19. The van der Waals surface area contributed by atoms with Crippen molar-refractivity contribution in [2.75, 3.05) is 5.88 Å². The van der Waals surface area contributed by atoms with Gasteiger partial charge in [-0.1, -0.05) is 42.7 Å². The van der Waals surface area contributed by atoms with E-state index in [1.165, 1.54) is 46.6 Å². The first-order valence-corrected chi connectivity index (χ1v) is 8.38. The van der Waals surface area contributed by atoms with Crippen LogP contribution in [0.5, 0.6) is 0 Å². The zero-order valence-electron chi connectivity index (χ0n) is 12.6. The van der Waals surface area contributed by atoms with Gasteiger partial charge in [-0.15, -0.1) is 11.6 Å². The third kappa shape index (κ3) is 2.94. The standard InChI is InChI=1S/C19H22ClN/c1-15-10-11-19-17(14-15)16-8-4-5-9-18(16)21(19)13-7-3-2-6-12-20/h4-5,8-11,14H,2-3,6-7,12-13H2,1H3. The molecule has 0 fully saturated rings. The smallest absolute Gasteiger partial charge is 0.0491 e. The molecule has 0 saturated carbocycles. The maximum atomic E-state index is 5.75. The van der Waals surface area contributed by atoms with Crippen LogP contribution in [0.4, 0.5) is 0 Å². The first-order chi connectivity index (χ1) is 10.3. The van der Waals surface area contributed by atoms with Crippen molar-refractivity contribution in [3.8, 4) is 0 Å². The molecule has 0 aliphatic carbocycles. The summed E-state index contributed by atoms with van der Waals surface area (Å²) >= 11 is 5.75. The van der Waals surface area contributed by atoms with Gasteiger partial charge in [0.1, 0.15) is 0 Å². The molecule has 0 bridgehead atoms. The molecule has 0 aliphatic rings. The molecule has 0 unspecified atom stereocenters. The second kappa shape index (κ2) is 6.53. The van der Waals surface area contributed by atoms with Crippen LogP contribution in [0.15, 0.2) is 42.5 Å². The van der Waals surface area contributed by atoms with Crippen LogP contribution in [-0.4, -0.2) is 10.4 Å². The number of hydrogen-bond donors (Lipinski definition) is 0. The summed E-state index contributed by atoms with van der Waals surface area (Å²) < 4.78 is 2.48. The summed E-state index contributed by atoms with van der Waals surface area (Å²) in [4.78, 5) is 0. The van der Waals surface area contributed by atoms with Gasteiger partial charge in [-0.3, -0.25) is 0 Å². The SMILES string of the molecule is Cc1ccc2c(c1)c1ccccc1n2CCCCCCCl. The van der Waals surface area contributed by atoms with E-state index in [9.17, 15) is 0 Å². The van der Waals surface area contributed by atoms with Gasteiger partial charge in [-0.05, 0) is 38.0 Å². The Morgan fingerprint density at radius 2 is 1.62 bits per heavy atom. The molecule has 2 heteroatoms. The van der Waals surface area contributed by atoms with Crippen molar-refractivity contribution in [3.63, 3.8) is 0 Å². The Morgan fingerprint density at radius 3 is 2.48 bits per heavy atom. The number of benzene rings is 2. The molecule has 1 aromatic heterocycles. The highest BCUT2D eigenvalue weighted by molar-refractivity contribution is 6.17. The zero-order valence-corrected chi connectivity index (χ0v) is 13.4. The van der Waals surface area contributed by atoms with Gasteiger partial charge in [0.2, 0.25) is 0 Å². The van der Waals surface area contributed by atoms with Crippen LogP contribution in [0.1, 0.15) is 31.2 Å². The highest BCUT2D eigenvalue weighted by atomic mass is 35.5. The lowest BCUT2D eigenvalue weighted by Gasteiger charge is -2.07. The maximum Gasteiger partial charge on any atom is 0.0491 e. The third-order valence-corrected chi connectivity index (χ3v) is 4.46. The molecule has 21 heavy (non-hydrogen) atoms. The lowest BCUT2D eigenvalue weighted by Crippen LogP contribution is -1.97. The molecule has 0 radical (unpaired) electrons. The van der Waals surface area contributed by atoms with Crippen molar-refractivity contribution in [1.29, 1.82) is 0 Å². The molecular weight excluding hydrogens is 278 g/mol. The van der Waals surface area contributed by atoms with Crippen LogP contribution < -0.4 is 0 Å². The van der Waals surface area contributed by atoms with E-state index in [1.807, 2.05) is 0 Å². The number of rotatable bonds is 6. The predicted octanol–water partition coefficient (Wildman–Crippen LogP) is 5.90. The van der Waals surface area contributed by atoms with E-state index in [-0.39, 0.29) is 0 Å². The van der Waals surface area contributed by atoms with Gasteiger partial charge in [0.05, 0.1) is 0 Å². The topological polar surface area (TPSA) is 4.93 Å². The summed E-state index contributed by atoms with van der Waals surface area (Å²) in [5.74, 6) is 0.786. The van der Waals surface area contributed by atoms with Crippen molar-refractivity contribution < 1.29 is 0 Å². The number of halogens is 1. The quantitative estimate of drug-likeness (QED) is 0.394. The van der Waals surface area contributed by atoms with Crippen LogP contribution in [0.25, 0.3) is 21.8 Å². The van der Waals surface area contributed by atoms with E-state index in [4.69, 9.17) is 11.6 Å². The second-order valence-corrected chi connectivity index (χ2v) is 6.17. The van der Waals surface area contributed by atoms with E-state index in [0.717, 1.165) is 18.8 Å². The monoisotopic (exact) mass is 299 g/mol. The van der Waals surface area contributed by atoms with Gasteiger partial charge >= 0.3 is 0 Å². The number of hydrogen-bond acceptors (Lipinski definition) is 0. The number of aryl methyl sites for hydroxylation is 2. The van der Waals surface area contributed by atoms with Gasteiger partial charge in [0.25, 0.3) is 0 Å². The Balaban J connectivity index is 1.95. The van der Waals surface area contributed by atoms with Gasteiger partial charge < -0.3 is 4.57 Å². The van der Waals surface area contributed by atoms with Crippen molar-refractivity contribution in [3.05, 3.63) is 48.0 Å². The number of nitrogens with zero attached hydrogens (tertiary/aromatic N) is 1. The minimum atomic E-state index is 0.786. The predicted molar refractivity (Wildman–Crippen MR) is 93.4 cm³/mol. The molecule has 0 atom stereocenters. The fraction of sp³-hybridized carbons (Fsp3) is 0.368. The number of alkyl halides is 1. The minimum absolute atomic E-state index is 0.786. The highest BCUT2D eigenvalue weighted by Gasteiger charge is 2.09. The molecule has 0 N–H and O–H groups in total. The Labute approximate surface area is 131 Å². The van der Waals surface area contributed by atoms with Gasteiger partial charge in [0, 0.05) is 34.2 Å². The Hall–Kier alpha value is -1.47. The van der Waals surface area contributed by atoms with Crippen LogP contribution >= 0.6 is 11.6 Å². The molecule has 0 spiro atoms. The summed E-state index contributed by atoms with van der Waals surface area (Å²) in [5, 5.41) is 2.75. The largest absolute Gasteiger partial charge is 0.340 e. The van der Waals surface area contributed by atoms with E-state index < -0.39 is 0 Å². The molecular formula is C19H22ClN. The molecule has 0 saturated heterocycles. The van der Waals surface area contributed by atoms with Crippen LogP contribution in [0, 0.1) is 6.92 Å². The minimum Gasteiger partial charge on any atom is -0.340 e. The molecule has 110 valence electrons. The first kappa shape index (κ1) is 14.5. The normalized spacial score (nSPS) is 11.5. The molecule has 1 nitrogen and oxygen atoms in total. The van der Waals surface area contributed by atoms with E-state index >= 15 is 0 Å². The molecule has 1 heterocycles. The number of fused-ring (bicyclic) bond motifs is 3. The lowest BCUT2D eigenvalue weighted by atomic mass is 10.1. The fourth-order valence-electron chi connectivity index (χ4n) is 3.13.